The minimum atomic E-state index is -0.359. The molecule has 0 aromatic rings. The molecule has 0 bridgehead atoms. The summed E-state index contributed by atoms with van der Waals surface area (Å²) in [6.45, 7) is 3.91. The van der Waals surface area contributed by atoms with Crippen molar-refractivity contribution in [2.45, 2.75) is 19.1 Å². The van der Waals surface area contributed by atoms with Crippen molar-refractivity contribution in [2.24, 2.45) is 0 Å². The SMILES string of the molecule is CC(=COCC1CO1)C(=O)OCC1CO1. The molecular formula is C10H14O5. The summed E-state index contributed by atoms with van der Waals surface area (Å²) in [4.78, 5) is 11.3. The zero-order valence-corrected chi connectivity index (χ0v) is 8.60. The van der Waals surface area contributed by atoms with Crippen LogP contribution < -0.4 is 0 Å². The van der Waals surface area contributed by atoms with E-state index in [2.05, 4.69) is 0 Å². The Morgan fingerprint density at radius 1 is 1.33 bits per heavy atom. The second-order valence-electron chi connectivity index (χ2n) is 3.64. The topological polar surface area (TPSA) is 60.6 Å². The quantitative estimate of drug-likeness (QED) is 0.274. The van der Waals surface area contributed by atoms with Crippen molar-refractivity contribution in [3.8, 4) is 0 Å². The molecule has 2 fully saturated rings. The first-order valence-electron chi connectivity index (χ1n) is 4.94. The first-order chi connectivity index (χ1) is 7.25. The Kier molecular flexibility index (Phi) is 3.23. The summed E-state index contributed by atoms with van der Waals surface area (Å²) in [6, 6.07) is 0. The lowest BCUT2D eigenvalue weighted by atomic mass is 10.3. The monoisotopic (exact) mass is 214 g/mol. The second kappa shape index (κ2) is 4.63. The number of epoxide rings is 2. The average Bonchev–Trinajstić information content (AvgIpc) is 3.07. The molecule has 0 aliphatic carbocycles. The largest absolute Gasteiger partial charge is 0.498 e. The molecule has 0 aromatic heterocycles. The lowest BCUT2D eigenvalue weighted by Crippen LogP contribution is -2.11. The molecule has 15 heavy (non-hydrogen) atoms. The molecule has 84 valence electrons. The van der Waals surface area contributed by atoms with Gasteiger partial charge in [-0.3, -0.25) is 0 Å². The standard InChI is InChI=1S/C10H14O5/c1-7(2-12-3-8-4-13-8)10(11)15-6-9-5-14-9/h2,8-9H,3-6H2,1H3. The first kappa shape index (κ1) is 10.4. The maximum atomic E-state index is 11.3. The van der Waals surface area contributed by atoms with E-state index in [1.54, 1.807) is 6.92 Å². The Morgan fingerprint density at radius 2 is 1.93 bits per heavy atom. The van der Waals surface area contributed by atoms with Crippen molar-refractivity contribution >= 4 is 5.97 Å². The molecule has 2 aliphatic heterocycles. The molecule has 0 saturated carbocycles. The van der Waals surface area contributed by atoms with Gasteiger partial charge in [0.15, 0.2) is 0 Å². The van der Waals surface area contributed by atoms with Crippen molar-refractivity contribution < 1.29 is 23.7 Å². The molecule has 2 aliphatic rings. The molecule has 2 atom stereocenters. The normalized spacial score (nSPS) is 28.5. The molecule has 0 amide bonds. The van der Waals surface area contributed by atoms with Crippen LogP contribution in [0.4, 0.5) is 0 Å². The summed E-state index contributed by atoms with van der Waals surface area (Å²) in [5.74, 6) is -0.359. The zero-order valence-electron chi connectivity index (χ0n) is 8.60. The Balaban J connectivity index is 1.62. The highest BCUT2D eigenvalue weighted by atomic mass is 16.6. The average molecular weight is 214 g/mol. The first-order valence-corrected chi connectivity index (χ1v) is 4.94. The van der Waals surface area contributed by atoms with Crippen LogP contribution in [0.3, 0.4) is 0 Å². The number of hydrogen-bond acceptors (Lipinski definition) is 5. The van der Waals surface area contributed by atoms with Crippen molar-refractivity contribution in [3.05, 3.63) is 11.8 Å². The Bertz CT molecular complexity index is 265. The number of ether oxygens (including phenoxy) is 4. The van der Waals surface area contributed by atoms with E-state index in [1.807, 2.05) is 0 Å². The number of carbonyl (C=O) groups is 1. The van der Waals surface area contributed by atoms with E-state index in [0.29, 0.717) is 25.4 Å². The van der Waals surface area contributed by atoms with E-state index in [0.717, 1.165) is 6.61 Å². The minimum absolute atomic E-state index is 0.0996. The molecule has 5 heteroatoms. The van der Waals surface area contributed by atoms with Gasteiger partial charge >= 0.3 is 5.97 Å². The summed E-state index contributed by atoms with van der Waals surface area (Å²) in [5.41, 5.74) is 0.455. The molecule has 2 unspecified atom stereocenters. The molecule has 0 N–H and O–H groups in total. The third-order valence-corrected chi connectivity index (χ3v) is 2.07. The predicted molar refractivity (Wildman–Crippen MR) is 50.1 cm³/mol. The van der Waals surface area contributed by atoms with Gasteiger partial charge in [0.05, 0.1) is 25.0 Å². The van der Waals surface area contributed by atoms with Crippen molar-refractivity contribution in [1.29, 1.82) is 0 Å². The summed E-state index contributed by atoms with van der Waals surface area (Å²) >= 11 is 0. The molecule has 2 saturated heterocycles. The third-order valence-electron chi connectivity index (χ3n) is 2.07. The molecule has 0 aromatic carbocycles. The summed E-state index contributed by atoms with van der Waals surface area (Å²) in [6.07, 6.45) is 1.71. The van der Waals surface area contributed by atoms with Gasteiger partial charge < -0.3 is 18.9 Å². The summed E-state index contributed by atoms with van der Waals surface area (Å²) in [5, 5.41) is 0. The van der Waals surface area contributed by atoms with Gasteiger partial charge in [-0.05, 0) is 6.92 Å². The van der Waals surface area contributed by atoms with E-state index in [1.165, 1.54) is 6.26 Å². The second-order valence-corrected chi connectivity index (χ2v) is 3.64. The van der Waals surface area contributed by atoms with Crippen LogP contribution in [0.25, 0.3) is 0 Å². The van der Waals surface area contributed by atoms with E-state index in [-0.39, 0.29) is 18.2 Å². The van der Waals surface area contributed by atoms with Crippen molar-refractivity contribution in [2.75, 3.05) is 26.4 Å². The van der Waals surface area contributed by atoms with E-state index < -0.39 is 0 Å². The van der Waals surface area contributed by atoms with Crippen LogP contribution in [0.1, 0.15) is 6.92 Å². The number of rotatable bonds is 6. The van der Waals surface area contributed by atoms with E-state index >= 15 is 0 Å². The highest BCUT2D eigenvalue weighted by molar-refractivity contribution is 5.87. The number of hydrogen-bond donors (Lipinski definition) is 0. The van der Waals surface area contributed by atoms with Crippen molar-refractivity contribution in [1.82, 2.24) is 0 Å². The smallest absolute Gasteiger partial charge is 0.336 e. The van der Waals surface area contributed by atoms with Crippen molar-refractivity contribution in [3.63, 3.8) is 0 Å². The van der Waals surface area contributed by atoms with Crippen LogP contribution in [0.15, 0.2) is 11.8 Å². The van der Waals surface area contributed by atoms with Gasteiger partial charge in [-0.15, -0.1) is 0 Å². The van der Waals surface area contributed by atoms with Crippen LogP contribution in [-0.4, -0.2) is 44.6 Å². The lowest BCUT2D eigenvalue weighted by Gasteiger charge is -2.03. The fourth-order valence-electron chi connectivity index (χ4n) is 0.940. The molecule has 0 radical (unpaired) electrons. The van der Waals surface area contributed by atoms with Crippen LogP contribution in [0.5, 0.6) is 0 Å². The third kappa shape index (κ3) is 3.89. The van der Waals surface area contributed by atoms with Crippen LogP contribution in [-0.2, 0) is 23.7 Å². The molecule has 2 heterocycles. The molecule has 5 nitrogen and oxygen atoms in total. The Hall–Kier alpha value is -1.07. The Labute approximate surface area is 87.9 Å². The van der Waals surface area contributed by atoms with E-state index in [9.17, 15) is 4.79 Å². The van der Waals surface area contributed by atoms with Gasteiger partial charge in [0.2, 0.25) is 0 Å². The fraction of sp³-hybridized carbons (Fsp3) is 0.700. The van der Waals surface area contributed by atoms with Crippen LogP contribution >= 0.6 is 0 Å². The van der Waals surface area contributed by atoms with Gasteiger partial charge in [0.1, 0.15) is 25.4 Å². The number of esters is 1. The number of carbonyl (C=O) groups excluding carboxylic acids is 1. The summed E-state index contributed by atoms with van der Waals surface area (Å²) in [7, 11) is 0. The van der Waals surface area contributed by atoms with E-state index in [4.69, 9.17) is 18.9 Å². The molecule has 0 spiro atoms. The minimum Gasteiger partial charge on any atom is -0.498 e. The highest BCUT2D eigenvalue weighted by Gasteiger charge is 2.25. The highest BCUT2D eigenvalue weighted by Crippen LogP contribution is 2.11. The van der Waals surface area contributed by atoms with Crippen LogP contribution in [0, 0.1) is 0 Å². The van der Waals surface area contributed by atoms with Gasteiger partial charge in [0, 0.05) is 0 Å². The van der Waals surface area contributed by atoms with Gasteiger partial charge in [-0.1, -0.05) is 0 Å². The predicted octanol–water partition coefficient (Wildman–Crippen LogP) is 0.248. The fourth-order valence-corrected chi connectivity index (χ4v) is 0.940. The zero-order chi connectivity index (χ0) is 10.7. The molecule has 2 rings (SSSR count). The van der Waals surface area contributed by atoms with Gasteiger partial charge in [0.25, 0.3) is 0 Å². The summed E-state index contributed by atoms with van der Waals surface area (Å²) < 4.78 is 20.0. The Morgan fingerprint density at radius 3 is 2.53 bits per heavy atom. The maximum Gasteiger partial charge on any atom is 0.336 e. The lowest BCUT2D eigenvalue weighted by molar-refractivity contribution is -0.139. The van der Waals surface area contributed by atoms with Crippen LogP contribution in [0.2, 0.25) is 0 Å². The maximum absolute atomic E-state index is 11.3. The van der Waals surface area contributed by atoms with Gasteiger partial charge in [-0.25, -0.2) is 4.79 Å². The molecular weight excluding hydrogens is 200 g/mol. The van der Waals surface area contributed by atoms with Gasteiger partial charge in [-0.2, -0.15) is 0 Å².